The largest absolute Gasteiger partial charge is 0.361 e. The van der Waals surface area contributed by atoms with Crippen LogP contribution in [0.5, 0.6) is 0 Å². The molecule has 0 aliphatic heterocycles. The first-order valence-electron chi connectivity index (χ1n) is 11.8. The van der Waals surface area contributed by atoms with Crippen molar-refractivity contribution in [3.05, 3.63) is 31.0 Å². The number of fused-ring (bicyclic) bond motifs is 1. The van der Waals surface area contributed by atoms with Gasteiger partial charge in [0.05, 0.1) is 11.9 Å². The smallest absolute Gasteiger partial charge is 0.145 e. The van der Waals surface area contributed by atoms with Gasteiger partial charge in [0.25, 0.3) is 0 Å². The Labute approximate surface area is 201 Å². The quantitative estimate of drug-likeness (QED) is 0.210. The van der Waals surface area contributed by atoms with Crippen LogP contribution in [0.25, 0.3) is 22.3 Å². The number of hydrogen-bond acceptors (Lipinski definition) is 6. The van der Waals surface area contributed by atoms with Gasteiger partial charge in [-0.1, -0.05) is 32.5 Å². The molecular weight excluding hydrogens is 448 g/mol. The maximum absolute atomic E-state index is 7.85. The predicted molar refractivity (Wildman–Crippen MR) is 140 cm³/mol. The van der Waals surface area contributed by atoms with Crippen LogP contribution in [0, 0.1) is 11.3 Å². The fourth-order valence-corrected chi connectivity index (χ4v) is 6.71. The molecule has 0 radical (unpaired) electrons. The normalized spacial score (nSPS) is 17.0. The van der Waals surface area contributed by atoms with Crippen LogP contribution in [0.3, 0.4) is 0 Å². The summed E-state index contributed by atoms with van der Waals surface area (Å²) in [7, 11) is -1.10. The van der Waals surface area contributed by atoms with Gasteiger partial charge in [0.2, 0.25) is 0 Å². The standard InChI is InChI=1S/C24H36N6OSSi/c1-32-24(10-11-25,20-7-5-6-8-20)30-16-19(15-28-30)22-21-9-12-29(23(21)27-17-26-22)18-31-13-14-33(2,3)4/h9,11-12,15-17,20,25H,5-8,10,13-14,18H2,1-4H3. The zero-order valence-electron chi connectivity index (χ0n) is 20.3. The van der Waals surface area contributed by atoms with E-state index in [1.54, 1.807) is 12.5 Å². The fourth-order valence-electron chi connectivity index (χ4n) is 4.85. The molecule has 1 aliphatic carbocycles. The number of rotatable bonds is 11. The lowest BCUT2D eigenvalue weighted by Crippen LogP contribution is -2.37. The average Bonchev–Trinajstić information content (AvgIpc) is 3.55. The topological polar surface area (TPSA) is 81.6 Å². The van der Waals surface area contributed by atoms with E-state index < -0.39 is 8.07 Å². The Bertz CT molecular complexity index is 1080. The summed E-state index contributed by atoms with van der Waals surface area (Å²) < 4.78 is 10.1. The number of ether oxygens (including phenoxy) is 1. The minimum absolute atomic E-state index is 0.210. The summed E-state index contributed by atoms with van der Waals surface area (Å²) in [5, 5.41) is 13.7. The molecule has 0 spiro atoms. The second-order valence-corrected chi connectivity index (χ2v) is 16.9. The summed E-state index contributed by atoms with van der Waals surface area (Å²) in [6.07, 6.45) is 17.0. The van der Waals surface area contributed by atoms with Crippen LogP contribution < -0.4 is 0 Å². The third-order valence-corrected chi connectivity index (χ3v) is 9.87. The van der Waals surface area contributed by atoms with E-state index in [0.717, 1.165) is 34.9 Å². The first-order chi connectivity index (χ1) is 15.9. The number of thioether (sulfide) groups is 1. The molecular formula is C24H36N6OSSi. The molecule has 1 aliphatic rings. The van der Waals surface area contributed by atoms with E-state index in [1.807, 2.05) is 24.2 Å². The molecule has 7 nitrogen and oxygen atoms in total. The summed E-state index contributed by atoms with van der Waals surface area (Å²) in [5.74, 6) is 0.529. The highest BCUT2D eigenvalue weighted by Crippen LogP contribution is 2.47. The van der Waals surface area contributed by atoms with Gasteiger partial charge in [0.1, 0.15) is 23.6 Å². The average molecular weight is 485 g/mol. The zero-order chi connectivity index (χ0) is 23.5. The summed E-state index contributed by atoms with van der Waals surface area (Å²) in [4.78, 5) is 8.95. The molecule has 178 valence electrons. The fraction of sp³-hybridized carbons (Fsp3) is 0.583. The van der Waals surface area contributed by atoms with Gasteiger partial charge in [0, 0.05) is 44.4 Å². The lowest BCUT2D eigenvalue weighted by atomic mass is 9.94. The van der Waals surface area contributed by atoms with Crippen molar-refractivity contribution in [2.45, 2.75) is 69.4 Å². The van der Waals surface area contributed by atoms with Gasteiger partial charge < -0.3 is 14.7 Å². The minimum atomic E-state index is -1.10. The third-order valence-electron chi connectivity index (χ3n) is 6.77. The van der Waals surface area contributed by atoms with Crippen LogP contribution in [-0.2, 0) is 16.3 Å². The highest BCUT2D eigenvalue weighted by atomic mass is 32.2. The van der Waals surface area contributed by atoms with Crippen molar-refractivity contribution in [2.24, 2.45) is 5.92 Å². The molecule has 3 aromatic rings. The Morgan fingerprint density at radius 1 is 1.27 bits per heavy atom. The highest BCUT2D eigenvalue weighted by molar-refractivity contribution is 7.99. The monoisotopic (exact) mass is 484 g/mol. The van der Waals surface area contributed by atoms with E-state index in [1.165, 1.54) is 25.7 Å². The zero-order valence-corrected chi connectivity index (χ0v) is 22.1. The van der Waals surface area contributed by atoms with Crippen molar-refractivity contribution in [3.8, 4) is 11.3 Å². The van der Waals surface area contributed by atoms with Gasteiger partial charge in [-0.25, -0.2) is 9.97 Å². The maximum atomic E-state index is 7.85. The molecule has 0 aromatic carbocycles. The first-order valence-corrected chi connectivity index (χ1v) is 16.8. The van der Waals surface area contributed by atoms with Crippen molar-refractivity contribution >= 4 is 37.1 Å². The van der Waals surface area contributed by atoms with Gasteiger partial charge in [-0.3, -0.25) is 4.68 Å². The maximum Gasteiger partial charge on any atom is 0.145 e. The van der Waals surface area contributed by atoms with E-state index in [2.05, 4.69) is 57.4 Å². The van der Waals surface area contributed by atoms with Gasteiger partial charge in [-0.2, -0.15) is 5.10 Å². The lowest BCUT2D eigenvalue weighted by molar-refractivity contribution is 0.0899. The number of nitrogens with one attached hydrogen (secondary N) is 1. The third kappa shape index (κ3) is 5.10. The number of aromatic nitrogens is 5. The van der Waals surface area contributed by atoms with Gasteiger partial charge in [0.15, 0.2) is 0 Å². The number of hydrogen-bond donors (Lipinski definition) is 1. The molecule has 1 N–H and O–H groups in total. The Hall–Kier alpha value is -1.97. The molecule has 1 atom stereocenters. The first kappa shape index (κ1) is 24.2. The molecule has 0 bridgehead atoms. The van der Waals surface area contributed by atoms with E-state index in [4.69, 9.17) is 15.2 Å². The Morgan fingerprint density at radius 2 is 2.06 bits per heavy atom. The minimum Gasteiger partial charge on any atom is -0.361 e. The van der Waals surface area contributed by atoms with Crippen LogP contribution >= 0.6 is 11.8 Å². The van der Waals surface area contributed by atoms with E-state index in [-0.39, 0.29) is 4.87 Å². The molecule has 0 amide bonds. The molecule has 1 unspecified atom stereocenters. The van der Waals surface area contributed by atoms with Crippen LogP contribution in [0.15, 0.2) is 31.0 Å². The van der Waals surface area contributed by atoms with Gasteiger partial charge in [-0.05, 0) is 43.3 Å². The van der Waals surface area contributed by atoms with Gasteiger partial charge in [-0.15, -0.1) is 11.8 Å². The van der Waals surface area contributed by atoms with Crippen LogP contribution in [0.4, 0.5) is 0 Å². The van der Waals surface area contributed by atoms with Gasteiger partial charge >= 0.3 is 0 Å². The summed E-state index contributed by atoms with van der Waals surface area (Å²) >= 11 is 1.82. The molecule has 3 heterocycles. The van der Waals surface area contributed by atoms with Crippen molar-refractivity contribution in [1.82, 2.24) is 24.3 Å². The summed E-state index contributed by atoms with van der Waals surface area (Å²) in [6, 6.07) is 3.22. The molecule has 1 fully saturated rings. The Balaban J connectivity index is 1.60. The van der Waals surface area contributed by atoms with E-state index in [9.17, 15) is 0 Å². The van der Waals surface area contributed by atoms with E-state index in [0.29, 0.717) is 19.1 Å². The highest BCUT2D eigenvalue weighted by Gasteiger charge is 2.41. The molecule has 9 heteroatoms. The van der Waals surface area contributed by atoms with Crippen molar-refractivity contribution in [1.29, 1.82) is 5.41 Å². The SMILES string of the molecule is CSC(CC=N)(C1CCCC1)n1cc(-c2ncnc3c2ccn3COCC[Si](C)(C)C)cn1. The summed E-state index contributed by atoms with van der Waals surface area (Å²) in [5.41, 5.74) is 2.76. The second-order valence-electron chi connectivity index (χ2n) is 10.2. The van der Waals surface area contributed by atoms with Crippen LogP contribution in [-0.4, -0.2) is 51.5 Å². The number of nitrogens with zero attached hydrogens (tertiary/aromatic N) is 5. The lowest BCUT2D eigenvalue weighted by Gasteiger charge is -2.37. The molecule has 1 saturated carbocycles. The van der Waals surface area contributed by atoms with Crippen LogP contribution in [0.1, 0.15) is 32.1 Å². The van der Waals surface area contributed by atoms with Crippen LogP contribution in [0.2, 0.25) is 25.7 Å². The molecule has 4 rings (SSSR count). The Kier molecular flexibility index (Phi) is 7.40. The molecule has 33 heavy (non-hydrogen) atoms. The predicted octanol–water partition coefficient (Wildman–Crippen LogP) is 5.85. The van der Waals surface area contributed by atoms with E-state index >= 15 is 0 Å². The Morgan fingerprint density at radius 3 is 2.76 bits per heavy atom. The second kappa shape index (κ2) is 10.1. The molecule has 0 saturated heterocycles. The van der Waals surface area contributed by atoms with Crippen molar-refractivity contribution in [2.75, 3.05) is 12.9 Å². The molecule has 3 aromatic heterocycles. The van der Waals surface area contributed by atoms with Crippen molar-refractivity contribution < 1.29 is 4.74 Å². The summed E-state index contributed by atoms with van der Waals surface area (Å²) in [6.45, 7) is 8.37. The van der Waals surface area contributed by atoms with Crippen molar-refractivity contribution in [3.63, 3.8) is 0 Å².